The first-order valence-electron chi connectivity index (χ1n) is 6.16. The number of benzene rings is 2. The first kappa shape index (κ1) is 16.1. The Morgan fingerprint density at radius 2 is 1.85 bits per heavy atom. The maximum absolute atomic E-state index is 6.40. The molecule has 0 aliphatic rings. The zero-order chi connectivity index (χ0) is 14.7. The summed E-state index contributed by atoms with van der Waals surface area (Å²) in [5.41, 5.74) is 2.03. The molecule has 0 heterocycles. The second kappa shape index (κ2) is 7.15. The molecular weight excluding hydrogens is 380 g/mol. The number of nitrogens with one attached hydrogen (secondary N) is 1. The lowest BCUT2D eigenvalue weighted by atomic mass is 9.98. The highest BCUT2D eigenvalue weighted by Crippen LogP contribution is 2.35. The van der Waals surface area contributed by atoms with Crippen LogP contribution in [0.3, 0.4) is 0 Å². The maximum atomic E-state index is 6.40. The minimum atomic E-state index is -0.0280. The SMILES string of the molecule is CCNC(c1ccc(Cl)c(Cl)c1)c1cccc(Br)c1Cl. The zero-order valence-electron chi connectivity index (χ0n) is 10.8. The van der Waals surface area contributed by atoms with Crippen molar-refractivity contribution in [2.75, 3.05) is 6.54 Å². The monoisotopic (exact) mass is 391 g/mol. The second-order valence-electron chi connectivity index (χ2n) is 4.31. The van der Waals surface area contributed by atoms with Crippen molar-refractivity contribution in [3.8, 4) is 0 Å². The number of hydrogen-bond donors (Lipinski definition) is 1. The van der Waals surface area contributed by atoms with E-state index in [9.17, 15) is 0 Å². The molecule has 0 spiro atoms. The van der Waals surface area contributed by atoms with Gasteiger partial charge in [-0.05, 0) is 51.8 Å². The molecule has 0 saturated carbocycles. The van der Waals surface area contributed by atoms with E-state index in [0.29, 0.717) is 15.1 Å². The first-order valence-corrected chi connectivity index (χ1v) is 8.09. The van der Waals surface area contributed by atoms with Gasteiger partial charge in [0.2, 0.25) is 0 Å². The van der Waals surface area contributed by atoms with Gasteiger partial charge in [-0.15, -0.1) is 0 Å². The molecule has 1 atom stereocenters. The second-order valence-corrected chi connectivity index (χ2v) is 6.35. The molecule has 1 N–H and O–H groups in total. The van der Waals surface area contributed by atoms with E-state index in [1.807, 2.05) is 30.3 Å². The van der Waals surface area contributed by atoms with Crippen LogP contribution in [0.5, 0.6) is 0 Å². The molecule has 106 valence electrons. The van der Waals surface area contributed by atoms with Crippen LogP contribution in [0, 0.1) is 0 Å². The largest absolute Gasteiger partial charge is 0.306 e. The highest BCUT2D eigenvalue weighted by Gasteiger charge is 2.18. The van der Waals surface area contributed by atoms with Gasteiger partial charge in [-0.3, -0.25) is 0 Å². The molecule has 0 aliphatic heterocycles. The van der Waals surface area contributed by atoms with E-state index in [0.717, 1.165) is 22.1 Å². The lowest BCUT2D eigenvalue weighted by molar-refractivity contribution is 0.630. The highest BCUT2D eigenvalue weighted by molar-refractivity contribution is 9.10. The Kier molecular flexibility index (Phi) is 5.76. The molecule has 0 amide bonds. The third-order valence-corrected chi connectivity index (χ3v) is 5.03. The van der Waals surface area contributed by atoms with Crippen molar-refractivity contribution in [1.82, 2.24) is 5.32 Å². The van der Waals surface area contributed by atoms with E-state index in [1.54, 1.807) is 6.07 Å². The van der Waals surface area contributed by atoms with Crippen LogP contribution in [0.4, 0.5) is 0 Å². The van der Waals surface area contributed by atoms with Crippen molar-refractivity contribution < 1.29 is 0 Å². The van der Waals surface area contributed by atoms with E-state index in [4.69, 9.17) is 34.8 Å². The average Bonchev–Trinajstić information content (AvgIpc) is 2.43. The lowest BCUT2D eigenvalue weighted by Gasteiger charge is -2.21. The fourth-order valence-electron chi connectivity index (χ4n) is 2.05. The smallest absolute Gasteiger partial charge is 0.0599 e. The van der Waals surface area contributed by atoms with Gasteiger partial charge in [0.25, 0.3) is 0 Å². The summed E-state index contributed by atoms with van der Waals surface area (Å²) in [5, 5.41) is 5.21. The summed E-state index contributed by atoms with van der Waals surface area (Å²) in [6.07, 6.45) is 0. The molecule has 0 saturated heterocycles. The molecule has 0 radical (unpaired) electrons. The van der Waals surface area contributed by atoms with Crippen molar-refractivity contribution in [1.29, 1.82) is 0 Å². The molecule has 5 heteroatoms. The average molecular weight is 394 g/mol. The maximum Gasteiger partial charge on any atom is 0.0599 e. The van der Waals surface area contributed by atoms with E-state index in [-0.39, 0.29) is 6.04 Å². The number of rotatable bonds is 4. The van der Waals surface area contributed by atoms with E-state index < -0.39 is 0 Å². The predicted molar refractivity (Wildman–Crippen MR) is 91.1 cm³/mol. The molecule has 1 nitrogen and oxygen atoms in total. The molecule has 2 rings (SSSR count). The van der Waals surface area contributed by atoms with Crippen LogP contribution in [0.2, 0.25) is 15.1 Å². The van der Waals surface area contributed by atoms with Crippen LogP contribution in [-0.2, 0) is 0 Å². The molecule has 0 aromatic heterocycles. The predicted octanol–water partition coefficient (Wildman–Crippen LogP) is 6.11. The third-order valence-electron chi connectivity index (χ3n) is 2.98. The number of halogens is 4. The molecule has 0 bridgehead atoms. The van der Waals surface area contributed by atoms with E-state index >= 15 is 0 Å². The molecule has 2 aromatic carbocycles. The number of hydrogen-bond acceptors (Lipinski definition) is 1. The van der Waals surface area contributed by atoms with Gasteiger partial charge in [0.1, 0.15) is 0 Å². The van der Waals surface area contributed by atoms with Crippen molar-refractivity contribution in [2.45, 2.75) is 13.0 Å². The van der Waals surface area contributed by atoms with Gasteiger partial charge in [0.05, 0.1) is 21.1 Å². The quantitative estimate of drug-likeness (QED) is 0.661. The zero-order valence-corrected chi connectivity index (χ0v) is 14.6. The Morgan fingerprint density at radius 3 is 2.50 bits per heavy atom. The highest BCUT2D eigenvalue weighted by atomic mass is 79.9. The summed E-state index contributed by atoms with van der Waals surface area (Å²) in [5.74, 6) is 0. The Morgan fingerprint density at radius 1 is 1.10 bits per heavy atom. The minimum absolute atomic E-state index is 0.0280. The van der Waals surface area contributed by atoms with Gasteiger partial charge in [-0.1, -0.05) is 59.9 Å². The first-order chi connectivity index (χ1) is 9.54. The van der Waals surface area contributed by atoms with Crippen molar-refractivity contribution >= 4 is 50.7 Å². The fraction of sp³-hybridized carbons (Fsp3) is 0.200. The molecular formula is C15H13BrCl3N. The molecule has 20 heavy (non-hydrogen) atoms. The molecule has 0 aliphatic carbocycles. The van der Waals surface area contributed by atoms with Crippen molar-refractivity contribution in [2.24, 2.45) is 0 Å². The fourth-order valence-corrected chi connectivity index (χ4v) is 2.97. The lowest BCUT2D eigenvalue weighted by Crippen LogP contribution is -2.22. The van der Waals surface area contributed by atoms with Crippen LogP contribution < -0.4 is 5.32 Å². The van der Waals surface area contributed by atoms with Gasteiger partial charge in [0, 0.05) is 4.47 Å². The standard InChI is InChI=1S/C15H13BrCl3N/c1-2-20-15(9-6-7-12(17)13(18)8-9)10-4-3-5-11(16)14(10)19/h3-8,15,20H,2H2,1H3. The van der Waals surface area contributed by atoms with Crippen LogP contribution in [0.15, 0.2) is 40.9 Å². The van der Waals surface area contributed by atoms with Gasteiger partial charge in [-0.25, -0.2) is 0 Å². The Bertz CT molecular complexity index is 616. The van der Waals surface area contributed by atoms with Crippen LogP contribution in [0.25, 0.3) is 0 Å². The summed E-state index contributed by atoms with van der Waals surface area (Å²) in [6.45, 7) is 2.87. The Balaban J connectivity index is 2.50. The topological polar surface area (TPSA) is 12.0 Å². The molecule has 2 aromatic rings. The van der Waals surface area contributed by atoms with Gasteiger partial charge in [0.15, 0.2) is 0 Å². The summed E-state index contributed by atoms with van der Waals surface area (Å²) >= 11 is 21.9. The van der Waals surface area contributed by atoms with Gasteiger partial charge >= 0.3 is 0 Å². The van der Waals surface area contributed by atoms with Gasteiger partial charge < -0.3 is 5.32 Å². The third kappa shape index (κ3) is 3.49. The normalized spacial score (nSPS) is 12.4. The van der Waals surface area contributed by atoms with E-state index in [2.05, 4.69) is 28.2 Å². The van der Waals surface area contributed by atoms with E-state index in [1.165, 1.54) is 0 Å². The Labute approximate surface area is 142 Å². The summed E-state index contributed by atoms with van der Waals surface area (Å²) in [6, 6.07) is 11.5. The van der Waals surface area contributed by atoms with Gasteiger partial charge in [-0.2, -0.15) is 0 Å². The van der Waals surface area contributed by atoms with Crippen molar-refractivity contribution in [3.05, 3.63) is 67.1 Å². The molecule has 0 fully saturated rings. The Hall–Kier alpha value is -0.250. The summed E-state index contributed by atoms with van der Waals surface area (Å²) < 4.78 is 0.875. The summed E-state index contributed by atoms with van der Waals surface area (Å²) in [7, 11) is 0. The minimum Gasteiger partial charge on any atom is -0.306 e. The van der Waals surface area contributed by atoms with Crippen molar-refractivity contribution in [3.63, 3.8) is 0 Å². The van der Waals surface area contributed by atoms with Crippen LogP contribution in [0.1, 0.15) is 24.1 Å². The van der Waals surface area contributed by atoms with Crippen LogP contribution >= 0.6 is 50.7 Å². The molecule has 1 unspecified atom stereocenters. The summed E-state index contributed by atoms with van der Waals surface area (Å²) in [4.78, 5) is 0. The van der Waals surface area contributed by atoms with Crippen LogP contribution in [-0.4, -0.2) is 6.54 Å².